The van der Waals surface area contributed by atoms with E-state index in [0.29, 0.717) is 6.61 Å². The van der Waals surface area contributed by atoms with Crippen LogP contribution >= 0.6 is 11.8 Å². The molecule has 0 amide bonds. The third-order valence-electron chi connectivity index (χ3n) is 1.66. The zero-order chi connectivity index (χ0) is 7.23. The molecule has 0 spiro atoms. The molecule has 0 atom stereocenters. The minimum absolute atomic E-state index is 0.317. The summed E-state index contributed by atoms with van der Waals surface area (Å²) in [4.78, 5) is 0. The highest BCUT2D eigenvalue weighted by molar-refractivity contribution is 7.99. The molecule has 1 rings (SSSR count). The molecule has 1 aliphatic carbocycles. The van der Waals surface area contributed by atoms with Crippen LogP contribution in [-0.2, 0) is 0 Å². The van der Waals surface area contributed by atoms with Crippen molar-refractivity contribution in [3.63, 3.8) is 0 Å². The first kappa shape index (κ1) is 8.15. The molecule has 0 aliphatic heterocycles. The smallest absolute Gasteiger partial charge is 0.0521 e. The number of aliphatic hydroxyl groups excluding tert-OH is 1. The molecule has 10 heavy (non-hydrogen) atoms. The minimum atomic E-state index is 0.317. The second kappa shape index (κ2) is 4.80. The van der Waals surface area contributed by atoms with Gasteiger partial charge in [0.25, 0.3) is 0 Å². The van der Waals surface area contributed by atoms with Gasteiger partial charge in [-0.1, -0.05) is 11.6 Å². The number of allylic oxidation sites excluding steroid dienone is 1. The maximum Gasteiger partial charge on any atom is 0.0521 e. The Bertz CT molecular complexity index is 120. The van der Waals surface area contributed by atoms with Gasteiger partial charge in [0.05, 0.1) is 6.61 Å². The van der Waals surface area contributed by atoms with E-state index in [9.17, 15) is 0 Å². The Morgan fingerprint density at radius 2 is 2.50 bits per heavy atom. The molecular formula is C8H14OS. The van der Waals surface area contributed by atoms with Gasteiger partial charge in [-0.25, -0.2) is 0 Å². The normalized spacial score (nSPS) is 17.5. The first-order valence-corrected chi connectivity index (χ1v) is 4.95. The molecule has 0 radical (unpaired) electrons. The molecule has 0 saturated heterocycles. The summed E-state index contributed by atoms with van der Waals surface area (Å²) in [6.07, 6.45) is 6.24. The molecule has 0 saturated carbocycles. The molecule has 0 bridgehead atoms. The summed E-state index contributed by atoms with van der Waals surface area (Å²) >= 11 is 1.83. The van der Waals surface area contributed by atoms with Gasteiger partial charge in [0, 0.05) is 11.5 Å². The summed E-state index contributed by atoms with van der Waals surface area (Å²) < 4.78 is 0. The van der Waals surface area contributed by atoms with Gasteiger partial charge in [0.1, 0.15) is 0 Å². The van der Waals surface area contributed by atoms with Gasteiger partial charge in [0.2, 0.25) is 0 Å². The van der Waals surface area contributed by atoms with E-state index in [2.05, 4.69) is 6.08 Å². The standard InChI is InChI=1S/C8H14OS/c9-5-6-10-7-8-3-1-2-4-8/h3,9H,1-2,4-7H2. The Balaban J connectivity index is 2.01. The van der Waals surface area contributed by atoms with E-state index in [-0.39, 0.29) is 0 Å². The van der Waals surface area contributed by atoms with Crippen LogP contribution in [0.1, 0.15) is 19.3 Å². The van der Waals surface area contributed by atoms with Gasteiger partial charge in [-0.15, -0.1) is 0 Å². The van der Waals surface area contributed by atoms with E-state index in [4.69, 9.17) is 5.11 Å². The Morgan fingerprint density at radius 1 is 1.60 bits per heavy atom. The lowest BCUT2D eigenvalue weighted by Crippen LogP contribution is -1.89. The number of aliphatic hydroxyl groups is 1. The van der Waals surface area contributed by atoms with E-state index in [1.54, 1.807) is 5.57 Å². The Labute approximate surface area is 66.5 Å². The highest BCUT2D eigenvalue weighted by Gasteiger charge is 2.02. The van der Waals surface area contributed by atoms with Gasteiger partial charge < -0.3 is 5.11 Å². The fourth-order valence-electron chi connectivity index (χ4n) is 1.14. The summed E-state index contributed by atoms with van der Waals surface area (Å²) in [5.41, 5.74) is 1.58. The first-order chi connectivity index (χ1) is 4.93. The lowest BCUT2D eigenvalue weighted by Gasteiger charge is -1.98. The summed E-state index contributed by atoms with van der Waals surface area (Å²) in [5, 5.41) is 8.50. The molecule has 2 heteroatoms. The van der Waals surface area contributed by atoms with Crippen molar-refractivity contribution in [3.05, 3.63) is 11.6 Å². The molecule has 0 aromatic heterocycles. The monoisotopic (exact) mass is 158 g/mol. The molecule has 0 heterocycles. The van der Waals surface area contributed by atoms with Gasteiger partial charge in [-0.3, -0.25) is 0 Å². The lowest BCUT2D eigenvalue weighted by atomic mass is 10.3. The average Bonchev–Trinajstić information content (AvgIpc) is 2.41. The van der Waals surface area contributed by atoms with Crippen molar-refractivity contribution >= 4 is 11.8 Å². The molecule has 1 N–H and O–H groups in total. The van der Waals surface area contributed by atoms with Crippen LogP contribution < -0.4 is 0 Å². The molecule has 1 nitrogen and oxygen atoms in total. The second-order valence-corrected chi connectivity index (χ2v) is 3.64. The van der Waals surface area contributed by atoms with E-state index >= 15 is 0 Å². The van der Waals surface area contributed by atoms with Crippen LogP contribution in [0, 0.1) is 0 Å². The molecule has 0 aromatic rings. The van der Waals surface area contributed by atoms with Crippen LogP contribution in [0.5, 0.6) is 0 Å². The van der Waals surface area contributed by atoms with Crippen molar-refractivity contribution in [2.24, 2.45) is 0 Å². The SMILES string of the molecule is OCCSCC1=CCCC1. The molecule has 0 aromatic carbocycles. The third kappa shape index (κ3) is 2.76. The Hall–Kier alpha value is 0.0500. The van der Waals surface area contributed by atoms with Crippen LogP contribution in [0.3, 0.4) is 0 Å². The quantitative estimate of drug-likeness (QED) is 0.497. The van der Waals surface area contributed by atoms with Gasteiger partial charge in [-0.2, -0.15) is 11.8 Å². The highest BCUT2D eigenvalue weighted by atomic mass is 32.2. The van der Waals surface area contributed by atoms with Crippen molar-refractivity contribution in [3.8, 4) is 0 Å². The molecule has 58 valence electrons. The third-order valence-corrected chi connectivity index (χ3v) is 2.70. The highest BCUT2D eigenvalue weighted by Crippen LogP contribution is 2.20. The predicted octanol–water partition coefficient (Wildman–Crippen LogP) is 1.82. The summed E-state index contributed by atoms with van der Waals surface area (Å²) in [6.45, 7) is 0.317. The maximum absolute atomic E-state index is 8.50. The molecule has 0 unspecified atom stereocenters. The van der Waals surface area contributed by atoms with Crippen molar-refractivity contribution in [2.45, 2.75) is 19.3 Å². The zero-order valence-corrected chi connectivity index (χ0v) is 6.99. The zero-order valence-electron chi connectivity index (χ0n) is 6.18. The van der Waals surface area contributed by atoms with E-state index in [1.807, 2.05) is 11.8 Å². The second-order valence-electron chi connectivity index (χ2n) is 2.53. The average molecular weight is 158 g/mol. The summed E-state index contributed by atoms with van der Waals surface area (Å²) in [7, 11) is 0. The fraction of sp³-hybridized carbons (Fsp3) is 0.750. The first-order valence-electron chi connectivity index (χ1n) is 3.80. The van der Waals surface area contributed by atoms with Gasteiger partial charge >= 0.3 is 0 Å². The van der Waals surface area contributed by atoms with Crippen molar-refractivity contribution in [1.82, 2.24) is 0 Å². The largest absolute Gasteiger partial charge is 0.396 e. The van der Waals surface area contributed by atoms with Crippen molar-refractivity contribution in [1.29, 1.82) is 0 Å². The van der Waals surface area contributed by atoms with Crippen LogP contribution in [0.4, 0.5) is 0 Å². The molecular weight excluding hydrogens is 144 g/mol. The van der Waals surface area contributed by atoms with Gasteiger partial charge in [0.15, 0.2) is 0 Å². The molecule has 0 fully saturated rings. The van der Waals surface area contributed by atoms with E-state index in [0.717, 1.165) is 11.5 Å². The van der Waals surface area contributed by atoms with Gasteiger partial charge in [-0.05, 0) is 19.3 Å². The minimum Gasteiger partial charge on any atom is -0.396 e. The van der Waals surface area contributed by atoms with Crippen molar-refractivity contribution in [2.75, 3.05) is 18.1 Å². The predicted molar refractivity (Wildman–Crippen MR) is 46.3 cm³/mol. The topological polar surface area (TPSA) is 20.2 Å². The molecule has 1 aliphatic rings. The summed E-state index contributed by atoms with van der Waals surface area (Å²) in [6, 6.07) is 0. The number of hydrogen-bond acceptors (Lipinski definition) is 2. The summed E-state index contributed by atoms with van der Waals surface area (Å²) in [5.74, 6) is 2.03. The lowest BCUT2D eigenvalue weighted by molar-refractivity contribution is 0.322. The fourth-order valence-corrected chi connectivity index (χ4v) is 1.93. The Kier molecular flexibility index (Phi) is 3.91. The van der Waals surface area contributed by atoms with E-state index in [1.165, 1.54) is 19.3 Å². The van der Waals surface area contributed by atoms with Crippen LogP contribution in [0.25, 0.3) is 0 Å². The van der Waals surface area contributed by atoms with Crippen LogP contribution in [-0.4, -0.2) is 23.2 Å². The Morgan fingerprint density at radius 3 is 3.10 bits per heavy atom. The van der Waals surface area contributed by atoms with Crippen LogP contribution in [0.2, 0.25) is 0 Å². The van der Waals surface area contributed by atoms with Crippen LogP contribution in [0.15, 0.2) is 11.6 Å². The van der Waals surface area contributed by atoms with Crippen molar-refractivity contribution < 1.29 is 5.11 Å². The number of thioether (sulfide) groups is 1. The number of rotatable bonds is 4. The van der Waals surface area contributed by atoms with E-state index < -0.39 is 0 Å². The maximum atomic E-state index is 8.50. The number of hydrogen-bond donors (Lipinski definition) is 1.